The molecule has 0 atom stereocenters. The first-order valence-electron chi connectivity index (χ1n) is 8.72. The molecule has 4 heterocycles. The second-order valence-electron chi connectivity index (χ2n) is 7.13. The monoisotopic (exact) mass is 327 g/mol. The van der Waals surface area contributed by atoms with Crippen molar-refractivity contribution in [2.75, 3.05) is 26.2 Å². The number of carbonyl (C=O) groups is 1. The summed E-state index contributed by atoms with van der Waals surface area (Å²) in [5, 5.41) is 1.04. The molecule has 2 bridgehead atoms. The number of hydrogen-bond acceptors (Lipinski definition) is 4. The Morgan fingerprint density at radius 2 is 1.91 bits per heavy atom. The first kappa shape index (κ1) is 13.9. The van der Waals surface area contributed by atoms with Crippen molar-refractivity contribution >= 4 is 27.5 Å². The number of carbonyl (C=O) groups excluding carboxylic acids is 1. The lowest BCUT2D eigenvalue weighted by molar-refractivity contribution is 0.0682. The Balaban J connectivity index is 1.48. The lowest BCUT2D eigenvalue weighted by Gasteiger charge is -2.31. The normalized spacial score (nSPS) is 27.4. The van der Waals surface area contributed by atoms with Gasteiger partial charge >= 0.3 is 0 Å². The first-order valence-corrected chi connectivity index (χ1v) is 9.49. The molecule has 1 saturated carbocycles. The van der Waals surface area contributed by atoms with Crippen LogP contribution in [0.2, 0.25) is 0 Å². The summed E-state index contributed by atoms with van der Waals surface area (Å²) in [6, 6.07) is 6.98. The van der Waals surface area contributed by atoms with Gasteiger partial charge in [-0.05, 0) is 54.8 Å². The Kier molecular flexibility index (Phi) is 3.20. The molecule has 0 spiro atoms. The molecule has 3 aliphatic heterocycles. The lowest BCUT2D eigenvalue weighted by Crippen LogP contribution is -2.41. The quantitative estimate of drug-likeness (QED) is 0.850. The summed E-state index contributed by atoms with van der Waals surface area (Å²) in [6.45, 7) is 4.13. The summed E-state index contributed by atoms with van der Waals surface area (Å²) < 4.78 is 5.71. The number of piperidine rings is 1. The van der Waals surface area contributed by atoms with Crippen molar-refractivity contribution in [1.29, 1.82) is 0 Å². The van der Waals surface area contributed by atoms with Gasteiger partial charge in [-0.25, -0.2) is 0 Å². The Morgan fingerprint density at radius 1 is 1.09 bits per heavy atom. The van der Waals surface area contributed by atoms with Crippen LogP contribution < -0.4 is 0 Å². The van der Waals surface area contributed by atoms with Gasteiger partial charge in [-0.1, -0.05) is 12.1 Å². The summed E-state index contributed by atoms with van der Waals surface area (Å²) in [7, 11) is 0. The fraction of sp³-hybridized carbons (Fsp3) is 0.556. The first-order chi connectivity index (χ1) is 11.3. The minimum Gasteiger partial charge on any atom is -0.333 e. The van der Waals surface area contributed by atoms with Gasteiger partial charge in [0.1, 0.15) is 5.69 Å². The third-order valence-electron chi connectivity index (χ3n) is 5.66. The van der Waals surface area contributed by atoms with Gasteiger partial charge in [0.2, 0.25) is 0 Å². The average molecular weight is 327 g/mol. The van der Waals surface area contributed by atoms with Crippen molar-refractivity contribution in [2.45, 2.75) is 37.6 Å². The number of nitrogens with zero attached hydrogens (tertiary/aromatic N) is 3. The van der Waals surface area contributed by atoms with Crippen molar-refractivity contribution in [3.63, 3.8) is 0 Å². The second kappa shape index (κ2) is 5.28. The zero-order chi connectivity index (χ0) is 15.4. The molecule has 5 heteroatoms. The zero-order valence-electron chi connectivity index (χ0n) is 13.2. The topological polar surface area (TPSA) is 36.4 Å². The number of aromatic nitrogens is 1. The van der Waals surface area contributed by atoms with Crippen molar-refractivity contribution in [2.24, 2.45) is 0 Å². The van der Waals surface area contributed by atoms with E-state index in [1.807, 2.05) is 0 Å². The van der Waals surface area contributed by atoms with Crippen LogP contribution in [0.15, 0.2) is 18.2 Å². The van der Waals surface area contributed by atoms with E-state index in [4.69, 9.17) is 0 Å². The van der Waals surface area contributed by atoms with Gasteiger partial charge in [0.05, 0.1) is 4.70 Å². The molecule has 0 unspecified atom stereocenters. The number of rotatable bonds is 2. The number of hydrogen-bond donors (Lipinski definition) is 0. The minimum absolute atomic E-state index is 0.143. The van der Waals surface area contributed by atoms with Gasteiger partial charge in [-0.3, -0.25) is 4.79 Å². The highest BCUT2D eigenvalue weighted by Gasteiger charge is 2.34. The third-order valence-corrected chi connectivity index (χ3v) is 6.47. The fourth-order valence-corrected chi connectivity index (χ4v) is 4.89. The Labute approximate surface area is 140 Å². The maximum Gasteiger partial charge on any atom is 0.274 e. The van der Waals surface area contributed by atoms with Gasteiger partial charge in [-0.2, -0.15) is 4.37 Å². The van der Waals surface area contributed by atoms with Crippen LogP contribution in [0.4, 0.5) is 0 Å². The molecule has 3 saturated heterocycles. The maximum absolute atomic E-state index is 13.1. The molecular weight excluding hydrogens is 306 g/mol. The summed E-state index contributed by atoms with van der Waals surface area (Å²) in [6.07, 6.45) is 4.84. The van der Waals surface area contributed by atoms with Crippen LogP contribution in [0.5, 0.6) is 0 Å². The molecule has 0 radical (unpaired) electrons. The molecule has 4 nitrogen and oxygen atoms in total. The maximum atomic E-state index is 13.1. The van der Waals surface area contributed by atoms with Gasteiger partial charge in [0.15, 0.2) is 0 Å². The second-order valence-corrected chi connectivity index (χ2v) is 7.94. The van der Waals surface area contributed by atoms with E-state index >= 15 is 0 Å². The van der Waals surface area contributed by atoms with Crippen LogP contribution >= 0.6 is 11.5 Å². The number of amides is 1. The number of benzene rings is 1. The molecule has 4 fully saturated rings. The van der Waals surface area contributed by atoms with E-state index in [-0.39, 0.29) is 5.91 Å². The largest absolute Gasteiger partial charge is 0.333 e. The molecule has 0 N–H and O–H groups in total. The molecule has 2 aromatic rings. The van der Waals surface area contributed by atoms with Crippen LogP contribution in [0, 0.1) is 0 Å². The van der Waals surface area contributed by atoms with E-state index in [0.29, 0.717) is 11.7 Å². The molecular formula is C18H21N3OS. The molecule has 1 aliphatic carbocycles. The highest BCUT2D eigenvalue weighted by molar-refractivity contribution is 7.13. The van der Waals surface area contributed by atoms with Gasteiger partial charge in [0, 0.05) is 37.6 Å². The standard InChI is InChI=1S/C18H21N3OS/c22-18(21-10-9-20-7-5-14(21)6-8-20)17-15-4-3-13(12-1-2-12)11-16(15)23-19-17/h3-4,11-12,14H,1-2,5-10H2. The molecule has 4 aliphatic rings. The summed E-state index contributed by atoms with van der Waals surface area (Å²) >= 11 is 1.48. The van der Waals surface area contributed by atoms with Gasteiger partial charge < -0.3 is 9.80 Å². The Bertz CT molecular complexity index is 759. The zero-order valence-corrected chi connectivity index (χ0v) is 14.0. The molecule has 1 aromatic heterocycles. The van der Waals surface area contributed by atoms with E-state index in [0.717, 1.165) is 50.3 Å². The molecule has 6 rings (SSSR count). The van der Waals surface area contributed by atoms with E-state index in [1.165, 1.54) is 34.6 Å². The summed E-state index contributed by atoms with van der Waals surface area (Å²) in [5.74, 6) is 0.889. The average Bonchev–Trinajstić information content (AvgIpc) is 3.39. The highest BCUT2D eigenvalue weighted by atomic mass is 32.1. The minimum atomic E-state index is 0.143. The van der Waals surface area contributed by atoms with Gasteiger partial charge in [-0.15, -0.1) is 0 Å². The number of fused-ring (bicyclic) bond motifs is 5. The lowest BCUT2D eigenvalue weighted by atomic mass is 10.0. The predicted octanol–water partition coefficient (Wildman–Crippen LogP) is 3.09. The third kappa shape index (κ3) is 2.37. The van der Waals surface area contributed by atoms with E-state index < -0.39 is 0 Å². The predicted molar refractivity (Wildman–Crippen MR) is 92.1 cm³/mol. The smallest absolute Gasteiger partial charge is 0.274 e. The van der Waals surface area contributed by atoms with E-state index in [9.17, 15) is 4.79 Å². The van der Waals surface area contributed by atoms with Crippen LogP contribution in [0.3, 0.4) is 0 Å². The Morgan fingerprint density at radius 3 is 2.70 bits per heavy atom. The molecule has 1 amide bonds. The Hall–Kier alpha value is -1.46. The molecule has 23 heavy (non-hydrogen) atoms. The van der Waals surface area contributed by atoms with Crippen molar-refractivity contribution in [3.8, 4) is 0 Å². The van der Waals surface area contributed by atoms with E-state index in [2.05, 4.69) is 32.4 Å². The van der Waals surface area contributed by atoms with Crippen LogP contribution in [0.1, 0.15) is 47.7 Å². The van der Waals surface area contributed by atoms with E-state index in [1.54, 1.807) is 0 Å². The molecule has 1 aromatic carbocycles. The van der Waals surface area contributed by atoms with Crippen molar-refractivity contribution in [3.05, 3.63) is 29.5 Å². The SMILES string of the molecule is O=C(c1nsc2cc(C3CC3)ccc12)N1CCN2CCC1CC2. The van der Waals surface area contributed by atoms with Crippen LogP contribution in [-0.2, 0) is 0 Å². The summed E-state index contributed by atoms with van der Waals surface area (Å²) in [5.41, 5.74) is 2.09. The van der Waals surface area contributed by atoms with Crippen LogP contribution in [0.25, 0.3) is 10.1 Å². The molecule has 120 valence electrons. The highest BCUT2D eigenvalue weighted by Crippen LogP contribution is 2.41. The van der Waals surface area contributed by atoms with Crippen molar-refractivity contribution < 1.29 is 4.79 Å². The fourth-order valence-electron chi connectivity index (χ4n) is 4.07. The van der Waals surface area contributed by atoms with Crippen LogP contribution in [-0.4, -0.2) is 52.3 Å². The summed E-state index contributed by atoms with van der Waals surface area (Å²) in [4.78, 5) is 17.7. The van der Waals surface area contributed by atoms with Gasteiger partial charge in [0.25, 0.3) is 5.91 Å². The van der Waals surface area contributed by atoms with Crippen molar-refractivity contribution in [1.82, 2.24) is 14.2 Å².